The van der Waals surface area contributed by atoms with E-state index in [1.807, 2.05) is 12.1 Å². The standard InChI is InChI=1S/C20H22ClNO4/c21-18-5-1-2-6-19(18)26-16-9-7-15(8-10-16)22-20(23)11-13-24-14-17-4-3-12-25-17/h1-2,5-10,17H,3-4,11-14H2,(H,22,23). The molecule has 26 heavy (non-hydrogen) atoms. The maximum atomic E-state index is 12.0. The van der Waals surface area contributed by atoms with E-state index >= 15 is 0 Å². The molecule has 0 saturated carbocycles. The molecule has 1 amide bonds. The molecule has 138 valence electrons. The van der Waals surface area contributed by atoms with Crippen molar-refractivity contribution in [1.29, 1.82) is 0 Å². The minimum atomic E-state index is -0.0860. The van der Waals surface area contributed by atoms with E-state index in [-0.39, 0.29) is 12.0 Å². The number of amides is 1. The van der Waals surface area contributed by atoms with Gasteiger partial charge in [0.1, 0.15) is 11.5 Å². The number of ether oxygens (including phenoxy) is 3. The third kappa shape index (κ3) is 5.73. The van der Waals surface area contributed by atoms with E-state index in [1.165, 1.54) is 0 Å². The number of anilines is 1. The summed E-state index contributed by atoms with van der Waals surface area (Å²) in [6.45, 7) is 1.76. The summed E-state index contributed by atoms with van der Waals surface area (Å²) in [6, 6.07) is 14.4. The van der Waals surface area contributed by atoms with Gasteiger partial charge in [-0.1, -0.05) is 23.7 Å². The number of nitrogens with one attached hydrogen (secondary N) is 1. The smallest absolute Gasteiger partial charge is 0.226 e. The lowest BCUT2D eigenvalue weighted by atomic mass is 10.2. The zero-order valence-electron chi connectivity index (χ0n) is 14.4. The highest BCUT2D eigenvalue weighted by atomic mass is 35.5. The summed E-state index contributed by atoms with van der Waals surface area (Å²) in [7, 11) is 0. The normalized spacial score (nSPS) is 16.4. The molecule has 1 aliphatic heterocycles. The van der Waals surface area contributed by atoms with Crippen molar-refractivity contribution in [2.24, 2.45) is 0 Å². The zero-order chi connectivity index (χ0) is 18.2. The molecule has 1 heterocycles. The lowest BCUT2D eigenvalue weighted by Crippen LogP contribution is -2.18. The Bertz CT molecular complexity index is 714. The number of rotatable bonds is 8. The molecule has 1 aliphatic rings. The minimum Gasteiger partial charge on any atom is -0.456 e. The lowest BCUT2D eigenvalue weighted by Gasteiger charge is -2.11. The van der Waals surface area contributed by atoms with E-state index < -0.39 is 0 Å². The number of carbonyl (C=O) groups excluding carboxylic acids is 1. The molecule has 1 atom stereocenters. The number of para-hydroxylation sites is 1. The molecule has 6 heteroatoms. The van der Waals surface area contributed by atoms with Crippen LogP contribution < -0.4 is 10.1 Å². The molecule has 0 aromatic heterocycles. The van der Waals surface area contributed by atoms with Gasteiger partial charge in [-0.2, -0.15) is 0 Å². The van der Waals surface area contributed by atoms with Gasteiger partial charge in [0, 0.05) is 12.3 Å². The molecule has 2 aromatic rings. The van der Waals surface area contributed by atoms with Gasteiger partial charge < -0.3 is 19.5 Å². The number of benzene rings is 2. The first-order valence-corrected chi connectivity index (χ1v) is 9.10. The second-order valence-corrected chi connectivity index (χ2v) is 6.47. The first kappa shape index (κ1) is 18.7. The van der Waals surface area contributed by atoms with Gasteiger partial charge in [-0.15, -0.1) is 0 Å². The molecule has 0 bridgehead atoms. The monoisotopic (exact) mass is 375 g/mol. The fourth-order valence-electron chi connectivity index (χ4n) is 2.64. The quantitative estimate of drug-likeness (QED) is 0.682. The van der Waals surface area contributed by atoms with Gasteiger partial charge in [0.25, 0.3) is 0 Å². The SMILES string of the molecule is O=C(CCOCC1CCCO1)Nc1ccc(Oc2ccccc2Cl)cc1. The van der Waals surface area contributed by atoms with E-state index in [0.717, 1.165) is 19.4 Å². The third-order valence-electron chi connectivity index (χ3n) is 4.00. The Morgan fingerprint density at radius 3 is 2.73 bits per heavy atom. The van der Waals surface area contributed by atoms with Crippen molar-refractivity contribution < 1.29 is 19.0 Å². The number of carbonyl (C=O) groups is 1. The Morgan fingerprint density at radius 2 is 2.00 bits per heavy atom. The fourth-order valence-corrected chi connectivity index (χ4v) is 2.81. The van der Waals surface area contributed by atoms with E-state index in [4.69, 9.17) is 25.8 Å². The van der Waals surface area contributed by atoms with Crippen LogP contribution in [-0.2, 0) is 14.3 Å². The zero-order valence-corrected chi connectivity index (χ0v) is 15.2. The van der Waals surface area contributed by atoms with Gasteiger partial charge in [-0.05, 0) is 49.2 Å². The van der Waals surface area contributed by atoms with Crippen molar-refractivity contribution >= 4 is 23.2 Å². The molecule has 1 saturated heterocycles. The van der Waals surface area contributed by atoms with E-state index in [0.29, 0.717) is 41.8 Å². The Labute approximate surface area is 158 Å². The van der Waals surface area contributed by atoms with Crippen LogP contribution in [0.5, 0.6) is 11.5 Å². The van der Waals surface area contributed by atoms with Crippen LogP contribution in [0, 0.1) is 0 Å². The molecule has 1 unspecified atom stereocenters. The van der Waals surface area contributed by atoms with Crippen LogP contribution in [0.15, 0.2) is 48.5 Å². The molecule has 1 fully saturated rings. The van der Waals surface area contributed by atoms with Crippen LogP contribution in [0.4, 0.5) is 5.69 Å². The van der Waals surface area contributed by atoms with Crippen molar-refractivity contribution in [3.63, 3.8) is 0 Å². The summed E-state index contributed by atoms with van der Waals surface area (Å²) in [6.07, 6.45) is 2.62. The lowest BCUT2D eigenvalue weighted by molar-refractivity contribution is -0.117. The van der Waals surface area contributed by atoms with Gasteiger partial charge in [-0.3, -0.25) is 4.79 Å². The van der Waals surface area contributed by atoms with Crippen molar-refractivity contribution in [3.05, 3.63) is 53.6 Å². The Hall–Kier alpha value is -2.08. The first-order valence-electron chi connectivity index (χ1n) is 8.72. The molecule has 1 N–H and O–H groups in total. The van der Waals surface area contributed by atoms with E-state index in [9.17, 15) is 4.79 Å². The Morgan fingerprint density at radius 1 is 1.19 bits per heavy atom. The average Bonchev–Trinajstić information content (AvgIpc) is 3.16. The van der Waals surface area contributed by atoms with Gasteiger partial charge in [0.2, 0.25) is 5.91 Å². The van der Waals surface area contributed by atoms with Crippen LogP contribution in [0.3, 0.4) is 0 Å². The third-order valence-corrected chi connectivity index (χ3v) is 4.32. The summed E-state index contributed by atoms with van der Waals surface area (Å²) in [5, 5.41) is 3.39. The molecule has 0 aliphatic carbocycles. The van der Waals surface area contributed by atoms with E-state index in [2.05, 4.69) is 5.32 Å². The van der Waals surface area contributed by atoms with Crippen molar-refractivity contribution in [1.82, 2.24) is 0 Å². The summed E-state index contributed by atoms with van der Waals surface area (Å²) in [5.74, 6) is 1.16. The molecular weight excluding hydrogens is 354 g/mol. The van der Waals surface area contributed by atoms with Gasteiger partial charge >= 0.3 is 0 Å². The van der Waals surface area contributed by atoms with Crippen molar-refractivity contribution in [2.75, 3.05) is 25.1 Å². The van der Waals surface area contributed by atoms with Gasteiger partial charge in [0.15, 0.2) is 0 Å². The highest BCUT2D eigenvalue weighted by Gasteiger charge is 2.15. The van der Waals surface area contributed by atoms with Crippen LogP contribution in [-0.4, -0.2) is 31.8 Å². The predicted molar refractivity (Wildman–Crippen MR) is 101 cm³/mol. The van der Waals surface area contributed by atoms with Crippen molar-refractivity contribution in [2.45, 2.75) is 25.4 Å². The second-order valence-electron chi connectivity index (χ2n) is 6.06. The molecule has 0 radical (unpaired) electrons. The highest BCUT2D eigenvalue weighted by molar-refractivity contribution is 6.32. The van der Waals surface area contributed by atoms with Crippen molar-refractivity contribution in [3.8, 4) is 11.5 Å². The van der Waals surface area contributed by atoms with Crippen LogP contribution in [0.25, 0.3) is 0 Å². The topological polar surface area (TPSA) is 56.8 Å². The Balaban J connectivity index is 1.40. The predicted octanol–water partition coefficient (Wildman–Crippen LogP) is 4.66. The fraction of sp³-hybridized carbons (Fsp3) is 0.350. The van der Waals surface area contributed by atoms with Gasteiger partial charge in [-0.25, -0.2) is 0 Å². The summed E-state index contributed by atoms with van der Waals surface area (Å²) in [5.41, 5.74) is 0.709. The molecule has 2 aromatic carbocycles. The first-order chi connectivity index (χ1) is 12.7. The number of hydrogen-bond donors (Lipinski definition) is 1. The second kappa shape index (κ2) is 9.57. The van der Waals surface area contributed by atoms with Gasteiger partial charge in [0.05, 0.1) is 30.8 Å². The molecule has 5 nitrogen and oxygen atoms in total. The summed E-state index contributed by atoms with van der Waals surface area (Å²) in [4.78, 5) is 12.0. The van der Waals surface area contributed by atoms with Crippen LogP contribution >= 0.6 is 11.6 Å². The average molecular weight is 376 g/mol. The summed E-state index contributed by atoms with van der Waals surface area (Å²) >= 11 is 6.07. The minimum absolute atomic E-state index is 0.0860. The van der Waals surface area contributed by atoms with E-state index in [1.54, 1.807) is 36.4 Å². The summed E-state index contributed by atoms with van der Waals surface area (Å²) < 4.78 is 16.7. The molecule has 0 spiro atoms. The highest BCUT2D eigenvalue weighted by Crippen LogP contribution is 2.29. The molecular formula is C20H22ClNO4. The maximum Gasteiger partial charge on any atom is 0.226 e. The maximum absolute atomic E-state index is 12.0. The Kier molecular flexibility index (Phi) is 6.89. The number of halogens is 1. The van der Waals surface area contributed by atoms with Crippen LogP contribution in [0.1, 0.15) is 19.3 Å². The largest absolute Gasteiger partial charge is 0.456 e. The van der Waals surface area contributed by atoms with Crippen LogP contribution in [0.2, 0.25) is 5.02 Å². The number of hydrogen-bond acceptors (Lipinski definition) is 4. The molecule has 3 rings (SSSR count).